The van der Waals surface area contributed by atoms with Crippen molar-refractivity contribution in [2.75, 3.05) is 11.9 Å². The molecule has 2 aromatic carbocycles. The third-order valence-corrected chi connectivity index (χ3v) is 4.72. The Morgan fingerprint density at radius 3 is 2.48 bits per heavy atom. The molecule has 0 aliphatic carbocycles. The zero-order valence-corrected chi connectivity index (χ0v) is 16.6. The molecular weight excluding hydrogens is 409 g/mol. The number of halogens is 3. The molecule has 0 fully saturated rings. The van der Waals surface area contributed by atoms with Gasteiger partial charge >= 0.3 is 0 Å². The van der Waals surface area contributed by atoms with Crippen molar-refractivity contribution < 1.29 is 9.53 Å². The van der Waals surface area contributed by atoms with Gasteiger partial charge in [-0.3, -0.25) is 9.48 Å². The van der Waals surface area contributed by atoms with Crippen molar-refractivity contribution in [1.82, 2.24) is 9.78 Å². The smallest absolute Gasteiger partial charge is 0.256 e. The van der Waals surface area contributed by atoms with Gasteiger partial charge < -0.3 is 10.1 Å². The van der Waals surface area contributed by atoms with E-state index in [9.17, 15) is 4.79 Å². The SMILES string of the molecule is CCOc1ccc(C(=O)Nc2nn(Cc3ccc(Cl)c(Cl)c3)cc2Cl)cc1. The summed E-state index contributed by atoms with van der Waals surface area (Å²) in [5.41, 5.74) is 1.39. The van der Waals surface area contributed by atoms with Crippen molar-refractivity contribution in [3.8, 4) is 5.75 Å². The Kier molecular flexibility index (Phi) is 6.26. The van der Waals surface area contributed by atoms with Crippen molar-refractivity contribution in [1.29, 1.82) is 0 Å². The van der Waals surface area contributed by atoms with E-state index >= 15 is 0 Å². The lowest BCUT2D eigenvalue weighted by Gasteiger charge is -2.06. The van der Waals surface area contributed by atoms with Crippen LogP contribution in [-0.2, 0) is 6.54 Å². The summed E-state index contributed by atoms with van der Waals surface area (Å²) in [5.74, 6) is 0.688. The Hall–Kier alpha value is -2.21. The molecule has 140 valence electrons. The fourth-order valence-corrected chi connectivity index (χ4v) is 2.96. The molecule has 0 radical (unpaired) electrons. The molecular formula is C19H16Cl3N3O2. The second-order valence-corrected chi connectivity index (χ2v) is 6.90. The topological polar surface area (TPSA) is 56.1 Å². The highest BCUT2D eigenvalue weighted by Gasteiger charge is 2.13. The number of carbonyl (C=O) groups is 1. The van der Waals surface area contributed by atoms with Crippen LogP contribution in [0.5, 0.6) is 5.75 Å². The number of carbonyl (C=O) groups excluding carboxylic acids is 1. The zero-order valence-electron chi connectivity index (χ0n) is 14.4. The lowest BCUT2D eigenvalue weighted by molar-refractivity contribution is 0.102. The first-order valence-corrected chi connectivity index (χ1v) is 9.30. The third-order valence-electron chi connectivity index (χ3n) is 3.71. The highest BCUT2D eigenvalue weighted by molar-refractivity contribution is 6.42. The number of amides is 1. The molecule has 1 amide bonds. The predicted molar refractivity (Wildman–Crippen MR) is 108 cm³/mol. The van der Waals surface area contributed by atoms with Gasteiger partial charge in [-0.15, -0.1) is 0 Å². The average Bonchev–Trinajstić information content (AvgIpc) is 2.98. The number of benzene rings is 2. The molecule has 27 heavy (non-hydrogen) atoms. The number of aromatic nitrogens is 2. The Labute approximate surface area is 171 Å². The molecule has 0 bridgehead atoms. The number of hydrogen-bond donors (Lipinski definition) is 1. The first kappa shape index (κ1) is 19.5. The van der Waals surface area contributed by atoms with Gasteiger partial charge in [-0.2, -0.15) is 5.10 Å². The molecule has 0 spiro atoms. The van der Waals surface area contributed by atoms with Crippen LogP contribution in [0.2, 0.25) is 15.1 Å². The Morgan fingerprint density at radius 2 is 1.81 bits per heavy atom. The molecule has 3 aromatic rings. The number of rotatable bonds is 6. The molecule has 3 rings (SSSR count). The van der Waals surface area contributed by atoms with E-state index in [2.05, 4.69) is 10.4 Å². The number of ether oxygens (including phenoxy) is 1. The quantitative estimate of drug-likeness (QED) is 0.565. The van der Waals surface area contributed by atoms with Gasteiger partial charge in [0.2, 0.25) is 0 Å². The Bertz CT molecular complexity index is 955. The molecule has 0 unspecified atom stereocenters. The first-order valence-electron chi connectivity index (χ1n) is 8.17. The van der Waals surface area contributed by atoms with Gasteiger partial charge in [-0.1, -0.05) is 40.9 Å². The van der Waals surface area contributed by atoms with Crippen LogP contribution >= 0.6 is 34.8 Å². The van der Waals surface area contributed by atoms with Gasteiger partial charge in [-0.25, -0.2) is 0 Å². The first-order chi connectivity index (χ1) is 13.0. The summed E-state index contributed by atoms with van der Waals surface area (Å²) in [4.78, 5) is 12.4. The monoisotopic (exact) mass is 423 g/mol. The van der Waals surface area contributed by atoms with E-state index < -0.39 is 0 Å². The summed E-state index contributed by atoms with van der Waals surface area (Å²) in [6, 6.07) is 12.2. The fourth-order valence-electron chi connectivity index (χ4n) is 2.44. The van der Waals surface area contributed by atoms with Crippen molar-refractivity contribution in [3.05, 3.63) is 74.9 Å². The van der Waals surface area contributed by atoms with E-state index in [4.69, 9.17) is 39.5 Å². The number of hydrogen-bond acceptors (Lipinski definition) is 3. The largest absolute Gasteiger partial charge is 0.494 e. The van der Waals surface area contributed by atoms with E-state index in [1.165, 1.54) is 0 Å². The van der Waals surface area contributed by atoms with Gasteiger partial charge in [0.25, 0.3) is 5.91 Å². The molecule has 0 atom stereocenters. The van der Waals surface area contributed by atoms with Crippen LogP contribution in [0.3, 0.4) is 0 Å². The van der Waals surface area contributed by atoms with Crippen molar-refractivity contribution in [2.24, 2.45) is 0 Å². The minimum absolute atomic E-state index is 0.288. The summed E-state index contributed by atoms with van der Waals surface area (Å²) in [6.07, 6.45) is 1.64. The normalized spacial score (nSPS) is 10.7. The minimum atomic E-state index is -0.306. The maximum Gasteiger partial charge on any atom is 0.256 e. The van der Waals surface area contributed by atoms with Gasteiger partial charge in [-0.05, 0) is 48.9 Å². The molecule has 1 aromatic heterocycles. The van der Waals surface area contributed by atoms with Gasteiger partial charge in [0.1, 0.15) is 10.8 Å². The van der Waals surface area contributed by atoms with E-state index in [-0.39, 0.29) is 11.7 Å². The summed E-state index contributed by atoms with van der Waals surface area (Å²) < 4.78 is 6.99. The molecule has 0 saturated heterocycles. The lowest BCUT2D eigenvalue weighted by Crippen LogP contribution is -2.13. The van der Waals surface area contributed by atoms with Gasteiger partial charge in [0.05, 0.1) is 23.2 Å². The predicted octanol–water partition coefficient (Wildman–Crippen LogP) is 5.54. The summed E-state index contributed by atoms with van der Waals surface area (Å²) in [5, 5.41) is 8.33. The maximum atomic E-state index is 12.4. The number of nitrogens with zero attached hydrogens (tertiary/aromatic N) is 2. The molecule has 8 heteroatoms. The molecule has 0 saturated carbocycles. The third kappa shape index (κ3) is 4.95. The van der Waals surface area contributed by atoms with Gasteiger partial charge in [0, 0.05) is 11.8 Å². The average molecular weight is 425 g/mol. The highest BCUT2D eigenvalue weighted by Crippen LogP contribution is 2.25. The summed E-state index contributed by atoms with van der Waals surface area (Å²) in [6.45, 7) is 2.91. The van der Waals surface area contributed by atoms with Crippen molar-refractivity contribution in [2.45, 2.75) is 13.5 Å². The molecule has 5 nitrogen and oxygen atoms in total. The second kappa shape index (κ2) is 8.65. The lowest BCUT2D eigenvalue weighted by atomic mass is 10.2. The van der Waals surface area contributed by atoms with E-state index in [1.807, 2.05) is 13.0 Å². The van der Waals surface area contributed by atoms with E-state index in [0.717, 1.165) is 5.56 Å². The van der Waals surface area contributed by atoms with Crippen molar-refractivity contribution >= 4 is 46.5 Å². The van der Waals surface area contributed by atoms with E-state index in [0.29, 0.717) is 39.5 Å². The van der Waals surface area contributed by atoms with E-state index in [1.54, 1.807) is 47.3 Å². The molecule has 1 heterocycles. The standard InChI is InChI=1S/C19H16Cl3N3O2/c1-2-27-14-6-4-13(5-7-14)19(26)23-18-17(22)11-25(24-18)10-12-3-8-15(20)16(21)9-12/h3-9,11H,2,10H2,1H3,(H,23,24,26). The summed E-state index contributed by atoms with van der Waals surface area (Å²) in [7, 11) is 0. The molecule has 0 aliphatic heterocycles. The van der Waals surface area contributed by atoms with Crippen molar-refractivity contribution in [3.63, 3.8) is 0 Å². The maximum absolute atomic E-state index is 12.4. The Morgan fingerprint density at radius 1 is 1.07 bits per heavy atom. The molecule has 1 N–H and O–H groups in total. The second-order valence-electron chi connectivity index (χ2n) is 5.68. The zero-order chi connectivity index (χ0) is 19.4. The molecule has 0 aliphatic rings. The van der Waals surface area contributed by atoms with Crippen LogP contribution in [0.4, 0.5) is 5.82 Å². The van der Waals surface area contributed by atoms with Crippen LogP contribution in [0.25, 0.3) is 0 Å². The minimum Gasteiger partial charge on any atom is -0.494 e. The fraction of sp³-hybridized carbons (Fsp3) is 0.158. The van der Waals surface area contributed by atoms with Gasteiger partial charge in [0.15, 0.2) is 5.82 Å². The number of anilines is 1. The van der Waals surface area contributed by atoms with Crippen LogP contribution < -0.4 is 10.1 Å². The van der Waals surface area contributed by atoms with Crippen LogP contribution in [-0.4, -0.2) is 22.3 Å². The van der Waals surface area contributed by atoms with Crippen LogP contribution in [0, 0.1) is 0 Å². The number of nitrogens with one attached hydrogen (secondary N) is 1. The summed E-state index contributed by atoms with van der Waals surface area (Å²) >= 11 is 18.2. The highest BCUT2D eigenvalue weighted by atomic mass is 35.5. The van der Waals surface area contributed by atoms with Crippen LogP contribution in [0.1, 0.15) is 22.8 Å². The Balaban J connectivity index is 1.70. The van der Waals surface area contributed by atoms with Crippen LogP contribution in [0.15, 0.2) is 48.7 Å².